The molecule has 2 aromatic rings. The summed E-state index contributed by atoms with van der Waals surface area (Å²) < 4.78 is 11.3. The largest absolute Gasteiger partial charge is 0.490 e. The average Bonchev–Trinajstić information content (AvgIpc) is 3.11. The number of amides is 1. The molecule has 0 spiro atoms. The predicted octanol–water partition coefficient (Wildman–Crippen LogP) is 3.84. The maximum atomic E-state index is 12.6. The first kappa shape index (κ1) is 25.0. The van der Waals surface area contributed by atoms with Crippen LogP contribution in [0, 0.1) is 6.92 Å². The molecular weight excluding hydrogens is 442 g/mol. The van der Waals surface area contributed by atoms with Crippen molar-refractivity contribution in [3.05, 3.63) is 53.6 Å². The normalized spacial score (nSPS) is 16.9. The number of Topliss-reactive ketones (excluding diaryl/α,β-unsaturated/α-hetero) is 1. The molecule has 1 atom stereocenters. The van der Waals surface area contributed by atoms with Gasteiger partial charge in [-0.2, -0.15) is 0 Å². The number of hydrogen-bond donors (Lipinski definition) is 1. The van der Waals surface area contributed by atoms with Crippen molar-refractivity contribution in [2.75, 3.05) is 50.8 Å². The van der Waals surface area contributed by atoms with E-state index in [-0.39, 0.29) is 30.6 Å². The molecule has 1 amide bonds. The number of carbonyl (C=O) groups excluding carboxylic acids is 2. The molecule has 1 saturated heterocycles. The lowest BCUT2D eigenvalue weighted by molar-refractivity contribution is -0.121. The Kier molecular flexibility index (Phi) is 8.64. The molecule has 1 unspecified atom stereocenters. The Bertz CT molecular complexity index is 1020. The first-order valence-corrected chi connectivity index (χ1v) is 12.7. The van der Waals surface area contributed by atoms with Crippen molar-refractivity contribution in [3.63, 3.8) is 0 Å². The van der Waals surface area contributed by atoms with E-state index in [9.17, 15) is 9.59 Å². The minimum atomic E-state index is -0.0792. The molecule has 2 heterocycles. The second kappa shape index (κ2) is 12.1. The smallest absolute Gasteiger partial charge is 0.220 e. The Morgan fingerprint density at radius 3 is 2.51 bits per heavy atom. The number of benzene rings is 2. The molecule has 4 rings (SSSR count). The van der Waals surface area contributed by atoms with Crippen LogP contribution in [0.25, 0.3) is 0 Å². The number of nitrogens with one attached hydrogen (secondary N) is 1. The van der Waals surface area contributed by atoms with Crippen molar-refractivity contribution in [3.8, 4) is 11.5 Å². The highest BCUT2D eigenvalue weighted by atomic mass is 16.5. The van der Waals surface area contributed by atoms with E-state index in [1.165, 1.54) is 11.3 Å². The number of hydrogen-bond acceptors (Lipinski definition) is 6. The van der Waals surface area contributed by atoms with Crippen LogP contribution < -0.4 is 19.7 Å². The molecule has 0 radical (unpaired) electrons. The fourth-order valence-corrected chi connectivity index (χ4v) is 4.56. The first-order valence-electron chi connectivity index (χ1n) is 12.7. The van der Waals surface area contributed by atoms with Gasteiger partial charge in [0.1, 0.15) is 0 Å². The lowest BCUT2D eigenvalue weighted by Gasteiger charge is -2.36. The molecule has 0 aliphatic carbocycles. The van der Waals surface area contributed by atoms with Crippen molar-refractivity contribution < 1.29 is 19.1 Å². The highest BCUT2D eigenvalue weighted by Crippen LogP contribution is 2.30. The molecule has 0 aromatic heterocycles. The summed E-state index contributed by atoms with van der Waals surface area (Å²) in [6.07, 6.45) is 2.08. The second-order valence-electron chi connectivity index (χ2n) is 9.56. The van der Waals surface area contributed by atoms with E-state index in [0.717, 1.165) is 45.6 Å². The molecule has 188 valence electrons. The zero-order valence-corrected chi connectivity index (χ0v) is 20.9. The fraction of sp³-hybridized carbons (Fsp3) is 0.500. The topological polar surface area (TPSA) is 71.1 Å². The molecule has 2 aliphatic rings. The zero-order chi connectivity index (χ0) is 24.6. The van der Waals surface area contributed by atoms with Crippen molar-refractivity contribution in [1.82, 2.24) is 10.2 Å². The highest BCUT2D eigenvalue weighted by molar-refractivity contribution is 5.98. The minimum absolute atomic E-state index is 0.0602. The van der Waals surface area contributed by atoms with Gasteiger partial charge in [0.25, 0.3) is 0 Å². The van der Waals surface area contributed by atoms with E-state index >= 15 is 0 Å². The van der Waals surface area contributed by atoms with E-state index in [0.29, 0.717) is 30.3 Å². The summed E-state index contributed by atoms with van der Waals surface area (Å²) in [5.41, 5.74) is 3.14. The molecule has 35 heavy (non-hydrogen) atoms. The number of ether oxygens (including phenoxy) is 2. The molecule has 1 fully saturated rings. The summed E-state index contributed by atoms with van der Waals surface area (Å²) in [5, 5.41) is 3.05. The van der Waals surface area contributed by atoms with Crippen LogP contribution >= 0.6 is 0 Å². The number of aryl methyl sites for hydroxylation is 1. The summed E-state index contributed by atoms with van der Waals surface area (Å²) in [4.78, 5) is 29.9. The van der Waals surface area contributed by atoms with Gasteiger partial charge in [-0.3, -0.25) is 14.5 Å². The van der Waals surface area contributed by atoms with Gasteiger partial charge in [0, 0.05) is 69.3 Å². The van der Waals surface area contributed by atoms with Crippen LogP contribution in [0.4, 0.5) is 5.69 Å². The predicted molar refractivity (Wildman–Crippen MR) is 138 cm³/mol. The zero-order valence-electron chi connectivity index (χ0n) is 20.9. The van der Waals surface area contributed by atoms with Gasteiger partial charge in [0.15, 0.2) is 17.3 Å². The van der Waals surface area contributed by atoms with Crippen molar-refractivity contribution in [2.45, 2.75) is 45.6 Å². The average molecular weight is 480 g/mol. The maximum Gasteiger partial charge on any atom is 0.220 e. The molecule has 7 heteroatoms. The van der Waals surface area contributed by atoms with E-state index < -0.39 is 0 Å². The van der Waals surface area contributed by atoms with E-state index in [2.05, 4.69) is 46.3 Å². The summed E-state index contributed by atoms with van der Waals surface area (Å²) in [7, 11) is 0. The van der Waals surface area contributed by atoms with Gasteiger partial charge in [-0.25, -0.2) is 0 Å². The van der Waals surface area contributed by atoms with E-state index in [4.69, 9.17) is 9.47 Å². The van der Waals surface area contributed by atoms with Crippen molar-refractivity contribution >= 4 is 17.4 Å². The van der Waals surface area contributed by atoms with Gasteiger partial charge in [0.05, 0.1) is 13.2 Å². The molecule has 7 nitrogen and oxygen atoms in total. The summed E-state index contributed by atoms with van der Waals surface area (Å²) in [5.74, 6) is 1.13. The summed E-state index contributed by atoms with van der Waals surface area (Å²) >= 11 is 0. The Balaban J connectivity index is 1.14. The van der Waals surface area contributed by atoms with Gasteiger partial charge in [-0.1, -0.05) is 12.1 Å². The van der Waals surface area contributed by atoms with Gasteiger partial charge < -0.3 is 19.7 Å². The quantitative estimate of drug-likeness (QED) is 0.551. The van der Waals surface area contributed by atoms with Crippen LogP contribution in [0.1, 0.15) is 48.5 Å². The number of fused-ring (bicyclic) bond motifs is 1. The van der Waals surface area contributed by atoms with E-state index in [1.807, 2.05) is 6.92 Å². The number of anilines is 1. The number of ketones is 1. The highest BCUT2D eigenvalue weighted by Gasteiger charge is 2.19. The van der Waals surface area contributed by atoms with Gasteiger partial charge in [-0.05, 0) is 56.2 Å². The third kappa shape index (κ3) is 7.21. The summed E-state index contributed by atoms with van der Waals surface area (Å²) in [6.45, 7) is 10.4. The Morgan fingerprint density at radius 1 is 0.971 bits per heavy atom. The SMILES string of the molecule is Cc1cccc(N2CCN(CCC(C)NC(=O)CCC(=O)c3ccc4c(c3)OCCCO4)CC2)c1. The number of carbonyl (C=O) groups is 2. The molecule has 2 aromatic carbocycles. The molecule has 0 bridgehead atoms. The maximum absolute atomic E-state index is 12.6. The monoisotopic (exact) mass is 479 g/mol. The van der Waals surface area contributed by atoms with Gasteiger partial charge >= 0.3 is 0 Å². The standard InChI is InChI=1S/C28H37N3O4/c1-21-5-3-6-24(19-21)31-15-13-30(14-16-31)12-11-22(2)29-28(33)10-8-25(32)23-7-9-26-27(20-23)35-18-4-17-34-26/h3,5-7,9,19-20,22H,4,8,10-18H2,1-2H3,(H,29,33). The Morgan fingerprint density at radius 2 is 1.74 bits per heavy atom. The molecule has 0 saturated carbocycles. The van der Waals surface area contributed by atoms with Crippen LogP contribution in [0.15, 0.2) is 42.5 Å². The third-order valence-corrected chi connectivity index (χ3v) is 6.67. The summed E-state index contributed by atoms with van der Waals surface area (Å²) in [6, 6.07) is 14.0. The molecule has 1 N–H and O–H groups in total. The molecular formula is C28H37N3O4. The van der Waals surface area contributed by atoms with E-state index in [1.54, 1.807) is 18.2 Å². The third-order valence-electron chi connectivity index (χ3n) is 6.67. The number of piperazine rings is 1. The van der Waals surface area contributed by atoms with Gasteiger partial charge in [0.2, 0.25) is 5.91 Å². The van der Waals surface area contributed by atoms with Crippen LogP contribution in [0.3, 0.4) is 0 Å². The fourth-order valence-electron chi connectivity index (χ4n) is 4.56. The lowest BCUT2D eigenvalue weighted by atomic mass is 10.1. The Labute approximate surface area is 208 Å². The minimum Gasteiger partial charge on any atom is -0.490 e. The van der Waals surface area contributed by atoms with Crippen LogP contribution in [-0.2, 0) is 4.79 Å². The number of nitrogens with zero attached hydrogens (tertiary/aromatic N) is 2. The second-order valence-corrected chi connectivity index (χ2v) is 9.56. The lowest BCUT2D eigenvalue weighted by Crippen LogP contribution is -2.47. The van der Waals surface area contributed by atoms with Crippen LogP contribution in [-0.4, -0.2) is 68.6 Å². The van der Waals surface area contributed by atoms with Crippen molar-refractivity contribution in [2.24, 2.45) is 0 Å². The first-order chi connectivity index (χ1) is 17.0. The Hall–Kier alpha value is -3.06. The molecule has 2 aliphatic heterocycles. The van der Waals surface area contributed by atoms with Crippen molar-refractivity contribution in [1.29, 1.82) is 0 Å². The van der Waals surface area contributed by atoms with Crippen LogP contribution in [0.5, 0.6) is 11.5 Å². The van der Waals surface area contributed by atoms with Crippen LogP contribution in [0.2, 0.25) is 0 Å². The number of rotatable bonds is 9. The van der Waals surface area contributed by atoms with Gasteiger partial charge in [-0.15, -0.1) is 0 Å².